The molecule has 32 heteroatoms. The Morgan fingerprint density at radius 2 is 0.407 bits per heavy atom. The second-order valence-electron chi connectivity index (χ2n) is 29.6. The van der Waals surface area contributed by atoms with Gasteiger partial charge in [-0.2, -0.15) is 0 Å². The van der Waals surface area contributed by atoms with Gasteiger partial charge in [-0.1, -0.05) is 6.42 Å². The maximum atomic E-state index is 7.10. The molecule has 10 aliphatic heterocycles. The van der Waals surface area contributed by atoms with Crippen LogP contribution in [0.4, 0.5) is 0 Å². The molecule has 10 aliphatic rings. The predicted octanol–water partition coefficient (Wildman–Crippen LogP) is 4.97. The fraction of sp³-hybridized carbons (Fsp3) is 0.605. The van der Waals surface area contributed by atoms with Crippen molar-refractivity contribution >= 4 is 44.1 Å². The van der Waals surface area contributed by atoms with Gasteiger partial charge in [0, 0.05) is 188 Å². The van der Waals surface area contributed by atoms with E-state index in [2.05, 4.69) is 39.2 Å². The zero-order chi connectivity index (χ0) is 75.0. The van der Waals surface area contributed by atoms with Crippen LogP contribution in [0.2, 0.25) is 0 Å². The summed E-state index contributed by atoms with van der Waals surface area (Å²) in [5.41, 5.74) is 3.34. The molecule has 17 rings (SSSR count). The molecule has 8 fully saturated rings. The summed E-state index contributed by atoms with van der Waals surface area (Å²) in [6.45, 7) is 30.4. The number of nitrogens with zero attached hydrogens (tertiary/aromatic N) is 16. The average Bonchev–Trinajstić information content (AvgIpc) is 1.58. The first-order chi connectivity index (χ1) is 55.5. The smallest absolute Gasteiger partial charge is 0.492 e. The van der Waals surface area contributed by atoms with Gasteiger partial charge in [-0.15, -0.1) is 0 Å². The van der Waals surface area contributed by atoms with Crippen LogP contribution >= 0.6 is 0 Å². The van der Waals surface area contributed by atoms with Crippen molar-refractivity contribution in [3.05, 3.63) is 48.5 Å². The maximum Gasteiger partial charge on any atom is 2.00 e. The molecule has 0 amide bonds. The summed E-state index contributed by atoms with van der Waals surface area (Å²) in [5.74, 6) is 5.34. The van der Waals surface area contributed by atoms with Crippen molar-refractivity contribution < 1.29 is 90.5 Å². The van der Waals surface area contributed by atoms with E-state index in [9.17, 15) is 0 Å². The van der Waals surface area contributed by atoms with Gasteiger partial charge in [0.05, 0.1) is 138 Å². The van der Waals surface area contributed by atoms with Crippen LogP contribution in [0, 0.1) is 0 Å². The molecule has 8 bridgehead atoms. The number of ether oxygens (including phenoxy) is 15. The molecule has 13 heterocycles. The van der Waals surface area contributed by atoms with E-state index >= 15 is 0 Å². The van der Waals surface area contributed by atoms with Crippen molar-refractivity contribution in [2.75, 3.05) is 302 Å². The summed E-state index contributed by atoms with van der Waals surface area (Å²) >= 11 is 0. The van der Waals surface area contributed by atoms with E-state index < -0.39 is 0 Å². The number of aromatic nitrogens is 8. The third-order valence-electron chi connectivity index (χ3n) is 22.5. The van der Waals surface area contributed by atoms with Crippen LogP contribution in [-0.4, -0.2) is 372 Å². The van der Waals surface area contributed by atoms with Gasteiger partial charge in [-0.05, 0) is 74.5 Å². The Morgan fingerprint density at radius 3 is 0.611 bits per heavy atom. The van der Waals surface area contributed by atoms with Gasteiger partial charge in [0.1, 0.15) is 98.9 Å². The minimum Gasteiger partial charge on any atom is -0.492 e. The minimum atomic E-state index is 0. The van der Waals surface area contributed by atoms with E-state index in [0.29, 0.717) is 281 Å². The van der Waals surface area contributed by atoms with Crippen molar-refractivity contribution in [1.29, 1.82) is 0 Å². The van der Waals surface area contributed by atoms with Gasteiger partial charge in [0.25, 0.3) is 0 Å². The SMILES string of the molecule is [Zn+2].c1cc(OCCN2CCOCC2)c2c(c1OCCN1CCOCC1)-c1nc-2nc2[n-]c(nc3nc(nc4[n-]c(n1)c1c(OCCN5CCCCC5)ccc(OCCN5CCOCC5)c41)-c1c(OCCN4CCOCC4)ccc(OCCN4CCOCC4)c1-3)c1c(OCCN3CCOCC3)ccc(OCCN3CCOCC3)c21. The van der Waals surface area contributed by atoms with Crippen molar-refractivity contribution in [1.82, 2.24) is 79.1 Å². The third-order valence-corrected chi connectivity index (χ3v) is 22.5. The number of likely N-dealkylation sites (tertiary alicyclic amines) is 1. The summed E-state index contributed by atoms with van der Waals surface area (Å²) in [5, 5.41) is 2.28. The zero-order valence-electron chi connectivity index (χ0n) is 65.3. The van der Waals surface area contributed by atoms with Gasteiger partial charge >= 0.3 is 19.5 Å². The average molecular weight is 1610 g/mol. The van der Waals surface area contributed by atoms with Crippen molar-refractivity contribution in [2.24, 2.45) is 0 Å². The number of benzene rings is 4. The van der Waals surface area contributed by atoms with Crippen LogP contribution in [0.3, 0.4) is 0 Å². The van der Waals surface area contributed by atoms with Crippen molar-refractivity contribution in [3.8, 4) is 91.5 Å². The first-order valence-electron chi connectivity index (χ1n) is 40.8. The van der Waals surface area contributed by atoms with E-state index in [1.165, 1.54) is 6.42 Å². The van der Waals surface area contributed by atoms with Gasteiger partial charge in [-0.3, -0.25) is 39.2 Å². The van der Waals surface area contributed by atoms with Gasteiger partial charge in [0.15, 0.2) is 0 Å². The van der Waals surface area contributed by atoms with Crippen LogP contribution in [0.1, 0.15) is 19.3 Å². The molecule has 0 unspecified atom stereocenters. The number of hydrogen-bond donors (Lipinski definition) is 0. The Labute approximate surface area is 672 Å². The van der Waals surface area contributed by atoms with Crippen LogP contribution < -0.4 is 47.9 Å². The quantitative estimate of drug-likeness (QED) is 0.0504. The number of hydrogen-bond acceptors (Lipinski definition) is 29. The summed E-state index contributed by atoms with van der Waals surface area (Å²) in [4.78, 5) is 64.4. The normalized spacial score (nSPS) is 19.5. The third kappa shape index (κ3) is 19.7. The van der Waals surface area contributed by atoms with Crippen LogP contribution in [0.25, 0.3) is 89.7 Å². The largest absolute Gasteiger partial charge is 2.00 e. The van der Waals surface area contributed by atoms with Gasteiger partial charge in [-0.25, -0.2) is 9.97 Å². The zero-order valence-corrected chi connectivity index (χ0v) is 68.2. The van der Waals surface area contributed by atoms with Crippen molar-refractivity contribution in [3.63, 3.8) is 0 Å². The van der Waals surface area contributed by atoms with E-state index in [1.54, 1.807) is 0 Å². The van der Waals surface area contributed by atoms with E-state index in [4.69, 9.17) is 111 Å². The summed E-state index contributed by atoms with van der Waals surface area (Å²) in [6.07, 6.45) is 3.51. The minimum absolute atomic E-state index is 0. The molecule has 0 N–H and O–H groups in total. The number of morpholine rings is 7. The predicted molar refractivity (Wildman–Crippen MR) is 419 cm³/mol. The molecule has 31 nitrogen and oxygen atoms in total. The van der Waals surface area contributed by atoms with E-state index in [-0.39, 0.29) is 65.4 Å². The van der Waals surface area contributed by atoms with E-state index in [0.717, 1.165) is 124 Å². The molecule has 602 valence electrons. The molecule has 3 aromatic heterocycles. The van der Waals surface area contributed by atoms with Crippen LogP contribution in [0.15, 0.2) is 48.5 Å². The van der Waals surface area contributed by atoms with Crippen LogP contribution in [0.5, 0.6) is 46.0 Å². The van der Waals surface area contributed by atoms with Crippen LogP contribution in [-0.2, 0) is 52.6 Å². The molecule has 7 aromatic rings. The second kappa shape index (κ2) is 39.5. The summed E-state index contributed by atoms with van der Waals surface area (Å²) in [7, 11) is 0. The molecule has 8 saturated heterocycles. The fourth-order valence-corrected chi connectivity index (χ4v) is 16.1. The molecule has 0 saturated carbocycles. The Balaban J connectivity index is 0.00000964. The first-order valence-corrected chi connectivity index (χ1v) is 40.8. The maximum absolute atomic E-state index is 7.10. The molecule has 0 aliphatic carbocycles. The monoisotopic (exact) mass is 1610 g/mol. The Morgan fingerprint density at radius 1 is 0.230 bits per heavy atom. The molecule has 0 radical (unpaired) electrons. The van der Waals surface area contributed by atoms with E-state index in [1.807, 2.05) is 48.5 Å². The number of fused-ring (bicyclic) bond motifs is 20. The number of piperidine rings is 1. The standard InChI is InChI=1S/C81H106N16O15.Zn/c1-2-12-90(13-3-1)28-50-105-58-4-5-59(106-51-29-91-14-36-98-37-15-91)67-66(58)74-82-75(67)84-77-70-62(109-54-32-94-20-42-101-43-21-94)8-9-63(110-55-33-95-22-44-102-45-23-95)71(70)79(86-77)88-81-73-65(112-57-35-97-26-48-104-49-27-97)11-10-64(111-56-34-96-24-46-103-47-25-96)72(73)80(89-81)87-78-69-61(108-53-31-93-18-40-100-41-19-93)7-6-60(68(69)76(83-74)85-78)107-52-30-92-16-38-99-39-17-92;/h4-11H,1-3,12-57H2;/q-2;+2. The Hall–Kier alpha value is -7.34. The second-order valence-corrected chi connectivity index (χ2v) is 29.6. The molecule has 113 heavy (non-hydrogen) atoms. The Kier molecular flexibility index (Phi) is 27.8. The van der Waals surface area contributed by atoms with Crippen molar-refractivity contribution in [2.45, 2.75) is 19.3 Å². The fourth-order valence-electron chi connectivity index (χ4n) is 16.1. The first kappa shape index (κ1) is 79.5. The van der Waals surface area contributed by atoms with Gasteiger partial charge in [0.2, 0.25) is 0 Å². The van der Waals surface area contributed by atoms with Gasteiger partial charge < -0.3 is 101 Å². The Bertz CT molecular complexity index is 3910. The molecular formula is C81H106N16O15Zn. The molecular weight excluding hydrogens is 1500 g/mol. The molecule has 0 atom stereocenters. The summed E-state index contributed by atoms with van der Waals surface area (Å²) < 4.78 is 97.1. The topological polar surface area (TPSA) is 270 Å². The molecule has 4 aromatic carbocycles. The summed E-state index contributed by atoms with van der Waals surface area (Å²) in [6, 6.07) is 15.7. The number of rotatable bonds is 32. The molecule has 0 spiro atoms.